The number of para-hydroxylation sites is 2. The van der Waals surface area contributed by atoms with Gasteiger partial charge in [0.15, 0.2) is 0 Å². The molecular weight excluding hydrogens is 388 g/mol. The molecule has 0 aliphatic heterocycles. The average molecular weight is 407 g/mol. The van der Waals surface area contributed by atoms with Crippen LogP contribution < -0.4 is 10.9 Å². The van der Waals surface area contributed by atoms with E-state index in [0.29, 0.717) is 18.1 Å². The van der Waals surface area contributed by atoms with Crippen LogP contribution in [0.5, 0.6) is 0 Å². The molecule has 0 saturated heterocycles. The number of amides is 1. The number of carbonyl (C=O) groups excluding carboxylic acids is 1. The summed E-state index contributed by atoms with van der Waals surface area (Å²) in [5.74, 6) is -0.138. The molecule has 0 spiro atoms. The highest BCUT2D eigenvalue weighted by Gasteiger charge is 2.09. The Hall–Kier alpha value is -3.38. The quantitative estimate of drug-likeness (QED) is 0.532. The van der Waals surface area contributed by atoms with Crippen LogP contribution in [0, 0.1) is 0 Å². The fraction of sp³-hybridized carbons (Fsp3) is 0.136. The summed E-state index contributed by atoms with van der Waals surface area (Å²) in [4.78, 5) is 28.2. The van der Waals surface area contributed by atoms with Crippen LogP contribution in [-0.2, 0) is 17.9 Å². The minimum Gasteiger partial charge on any atom is -0.352 e. The first-order chi connectivity index (χ1) is 14.1. The van der Waals surface area contributed by atoms with Crippen LogP contribution >= 0.6 is 11.6 Å². The maximum Gasteiger partial charge on any atom is 0.250 e. The Morgan fingerprint density at radius 1 is 1.07 bits per heavy atom. The molecule has 0 bridgehead atoms. The lowest BCUT2D eigenvalue weighted by molar-refractivity contribution is -0.121. The van der Waals surface area contributed by atoms with Crippen molar-refractivity contribution < 1.29 is 4.79 Å². The van der Waals surface area contributed by atoms with Gasteiger partial charge in [0.2, 0.25) is 5.91 Å². The summed E-state index contributed by atoms with van der Waals surface area (Å²) in [6.45, 7) is 0.665. The van der Waals surface area contributed by atoms with Gasteiger partial charge in [-0.2, -0.15) is 0 Å². The van der Waals surface area contributed by atoms with Gasteiger partial charge in [-0.15, -0.1) is 0 Å². The van der Waals surface area contributed by atoms with E-state index >= 15 is 0 Å². The molecule has 146 valence electrons. The van der Waals surface area contributed by atoms with Crippen molar-refractivity contribution in [3.05, 3.63) is 94.1 Å². The van der Waals surface area contributed by atoms with Crippen molar-refractivity contribution in [3.63, 3.8) is 0 Å². The highest BCUT2D eigenvalue weighted by atomic mass is 35.5. The molecule has 6 nitrogen and oxygen atoms in total. The smallest absolute Gasteiger partial charge is 0.250 e. The van der Waals surface area contributed by atoms with E-state index in [1.807, 2.05) is 47.0 Å². The Morgan fingerprint density at radius 3 is 2.72 bits per heavy atom. The Bertz CT molecular complexity index is 1230. The number of imidazole rings is 1. The molecule has 0 aliphatic carbocycles. The van der Waals surface area contributed by atoms with Crippen molar-refractivity contribution in [1.82, 2.24) is 19.4 Å². The van der Waals surface area contributed by atoms with E-state index < -0.39 is 0 Å². The minimum atomic E-state index is -0.138. The molecule has 0 atom stereocenters. The van der Waals surface area contributed by atoms with E-state index in [4.69, 9.17) is 11.6 Å². The number of aryl methyl sites for hydroxylation is 1. The van der Waals surface area contributed by atoms with E-state index in [0.717, 1.165) is 22.3 Å². The largest absolute Gasteiger partial charge is 0.352 e. The summed E-state index contributed by atoms with van der Waals surface area (Å²) in [6.07, 6.45) is 3.66. The van der Waals surface area contributed by atoms with Gasteiger partial charge in [0.05, 0.1) is 11.0 Å². The second-order valence-corrected chi connectivity index (χ2v) is 7.05. The van der Waals surface area contributed by atoms with Crippen LogP contribution in [0.1, 0.15) is 12.0 Å². The molecule has 4 rings (SSSR count). The van der Waals surface area contributed by atoms with E-state index in [9.17, 15) is 9.59 Å². The third kappa shape index (κ3) is 4.22. The number of nitrogens with one attached hydrogen (secondary N) is 1. The topological polar surface area (TPSA) is 68.9 Å². The maximum atomic E-state index is 12.1. The molecule has 1 N–H and O–H groups in total. The lowest BCUT2D eigenvalue weighted by Crippen LogP contribution is -2.26. The fourth-order valence-corrected chi connectivity index (χ4v) is 3.39. The van der Waals surface area contributed by atoms with Crippen LogP contribution in [0.15, 0.2) is 78.0 Å². The number of rotatable bonds is 6. The molecule has 0 aliphatic rings. The summed E-state index contributed by atoms with van der Waals surface area (Å²) >= 11 is 6.44. The van der Waals surface area contributed by atoms with Crippen LogP contribution in [-0.4, -0.2) is 20.0 Å². The van der Waals surface area contributed by atoms with Gasteiger partial charge in [0.25, 0.3) is 5.56 Å². The van der Waals surface area contributed by atoms with Gasteiger partial charge in [-0.3, -0.25) is 14.2 Å². The van der Waals surface area contributed by atoms with Crippen molar-refractivity contribution in [3.8, 4) is 5.69 Å². The van der Waals surface area contributed by atoms with Crippen LogP contribution in [0.3, 0.4) is 0 Å². The van der Waals surface area contributed by atoms with Crippen LogP contribution in [0.2, 0.25) is 5.02 Å². The lowest BCUT2D eigenvalue weighted by Gasteiger charge is -2.10. The lowest BCUT2D eigenvalue weighted by atomic mass is 10.2. The number of hydrogen-bond acceptors (Lipinski definition) is 3. The van der Waals surface area contributed by atoms with Crippen molar-refractivity contribution in [2.24, 2.45) is 0 Å². The average Bonchev–Trinajstić information content (AvgIpc) is 3.16. The molecule has 0 fully saturated rings. The summed E-state index contributed by atoms with van der Waals surface area (Å²) in [5, 5.41) is 3.42. The first kappa shape index (κ1) is 19.0. The Kier molecular flexibility index (Phi) is 5.44. The first-order valence-corrected chi connectivity index (χ1v) is 9.63. The molecule has 4 aromatic rings. The summed E-state index contributed by atoms with van der Waals surface area (Å²) < 4.78 is 3.48. The molecule has 2 aromatic carbocycles. The SMILES string of the molecule is O=C(CCn1ccccc1=O)NCc1ccc(-n2cnc3ccccc32)cc1Cl. The molecule has 2 heterocycles. The number of fused-ring (bicyclic) bond motifs is 1. The zero-order chi connectivity index (χ0) is 20.2. The highest BCUT2D eigenvalue weighted by molar-refractivity contribution is 6.31. The third-order valence-corrected chi connectivity index (χ3v) is 5.08. The summed E-state index contributed by atoms with van der Waals surface area (Å²) in [6, 6.07) is 18.5. The van der Waals surface area contributed by atoms with Crippen LogP contribution in [0.4, 0.5) is 0 Å². The van der Waals surface area contributed by atoms with E-state index in [1.54, 1.807) is 24.7 Å². The Labute approximate surface area is 172 Å². The number of hydrogen-bond donors (Lipinski definition) is 1. The molecule has 2 aromatic heterocycles. The fourth-order valence-electron chi connectivity index (χ4n) is 3.14. The van der Waals surface area contributed by atoms with E-state index in [1.165, 1.54) is 10.6 Å². The minimum absolute atomic E-state index is 0.119. The molecular formula is C22H19ClN4O2. The van der Waals surface area contributed by atoms with Gasteiger partial charge in [0, 0.05) is 42.5 Å². The number of benzene rings is 2. The van der Waals surface area contributed by atoms with E-state index in [-0.39, 0.29) is 17.9 Å². The first-order valence-electron chi connectivity index (χ1n) is 9.25. The number of aromatic nitrogens is 3. The standard InChI is InChI=1S/C22H19ClN4O2/c23-18-13-17(27-15-25-19-5-1-2-6-20(19)27)9-8-16(18)14-24-21(28)10-12-26-11-4-3-7-22(26)29/h1-9,11,13,15H,10,12,14H2,(H,24,28). The second kappa shape index (κ2) is 8.32. The Balaban J connectivity index is 1.40. The normalized spacial score (nSPS) is 10.9. The van der Waals surface area contributed by atoms with Crippen molar-refractivity contribution >= 4 is 28.5 Å². The molecule has 0 radical (unpaired) electrons. The molecule has 29 heavy (non-hydrogen) atoms. The number of halogens is 1. The molecule has 0 saturated carbocycles. The Morgan fingerprint density at radius 2 is 1.90 bits per heavy atom. The summed E-state index contributed by atoms with van der Waals surface area (Å²) in [7, 11) is 0. The summed E-state index contributed by atoms with van der Waals surface area (Å²) in [5.41, 5.74) is 3.52. The van der Waals surface area contributed by atoms with Gasteiger partial charge < -0.3 is 9.88 Å². The number of nitrogens with zero attached hydrogens (tertiary/aromatic N) is 3. The van der Waals surface area contributed by atoms with Gasteiger partial charge in [-0.1, -0.05) is 35.9 Å². The highest BCUT2D eigenvalue weighted by Crippen LogP contribution is 2.23. The van der Waals surface area contributed by atoms with E-state index in [2.05, 4.69) is 10.3 Å². The predicted molar refractivity (Wildman–Crippen MR) is 113 cm³/mol. The van der Waals surface area contributed by atoms with Crippen molar-refractivity contribution in [1.29, 1.82) is 0 Å². The number of carbonyl (C=O) groups is 1. The third-order valence-electron chi connectivity index (χ3n) is 4.72. The van der Waals surface area contributed by atoms with Crippen molar-refractivity contribution in [2.45, 2.75) is 19.5 Å². The van der Waals surface area contributed by atoms with Crippen LogP contribution in [0.25, 0.3) is 16.7 Å². The number of pyridine rings is 1. The maximum absolute atomic E-state index is 12.1. The molecule has 1 amide bonds. The molecule has 0 unspecified atom stereocenters. The van der Waals surface area contributed by atoms with Gasteiger partial charge in [0.1, 0.15) is 6.33 Å². The van der Waals surface area contributed by atoms with Crippen molar-refractivity contribution in [2.75, 3.05) is 0 Å². The van der Waals surface area contributed by atoms with Gasteiger partial charge >= 0.3 is 0 Å². The zero-order valence-electron chi connectivity index (χ0n) is 15.6. The monoisotopic (exact) mass is 406 g/mol. The predicted octanol–water partition coefficient (Wildman–Crippen LogP) is 3.55. The van der Waals surface area contributed by atoms with Gasteiger partial charge in [-0.25, -0.2) is 4.98 Å². The molecule has 7 heteroatoms. The van der Waals surface area contributed by atoms with Gasteiger partial charge in [-0.05, 0) is 35.9 Å². The second-order valence-electron chi connectivity index (χ2n) is 6.64. The zero-order valence-corrected chi connectivity index (χ0v) is 16.3.